The maximum absolute atomic E-state index is 12.1. The fourth-order valence-electron chi connectivity index (χ4n) is 0.859. The van der Waals surface area contributed by atoms with Gasteiger partial charge in [-0.15, -0.1) is 0 Å². The van der Waals surface area contributed by atoms with Gasteiger partial charge in [-0.3, -0.25) is 0 Å². The van der Waals surface area contributed by atoms with Gasteiger partial charge in [-0.05, 0) is 12.1 Å². The van der Waals surface area contributed by atoms with Crippen LogP contribution in [-0.4, -0.2) is 22.3 Å². The fourth-order valence-corrected chi connectivity index (χ4v) is 3.89. The molecule has 0 amide bonds. The van der Waals surface area contributed by atoms with E-state index >= 15 is 0 Å². The standard InChI is InChI=1S/C7H3Cl2F3NO4S2/c8-4-1-5(9)3-6(2-4)18(14,15)13-19(16,17)7(10,11)12/h1-2,13H. The van der Waals surface area contributed by atoms with E-state index in [1.165, 1.54) is 0 Å². The summed E-state index contributed by atoms with van der Waals surface area (Å²) in [4.78, 5) is -0.933. The Morgan fingerprint density at radius 2 is 1.63 bits per heavy atom. The Morgan fingerprint density at radius 1 is 1.11 bits per heavy atom. The van der Waals surface area contributed by atoms with Gasteiger partial charge in [-0.2, -0.15) is 13.2 Å². The van der Waals surface area contributed by atoms with Crippen molar-refractivity contribution in [2.45, 2.75) is 10.4 Å². The molecule has 0 fully saturated rings. The highest BCUT2D eigenvalue weighted by molar-refractivity contribution is 8.05. The normalized spacial score (nSPS) is 13.5. The summed E-state index contributed by atoms with van der Waals surface area (Å²) >= 11 is 10.9. The molecule has 1 rings (SSSR count). The van der Waals surface area contributed by atoms with E-state index in [1.54, 1.807) is 0 Å². The minimum absolute atomic E-state index is 0.214. The van der Waals surface area contributed by atoms with E-state index in [4.69, 9.17) is 23.2 Å². The maximum Gasteiger partial charge on any atom is 0.512 e. The summed E-state index contributed by atoms with van der Waals surface area (Å²) in [5, 5.41) is -0.522. The first-order chi connectivity index (χ1) is 8.35. The van der Waals surface area contributed by atoms with Gasteiger partial charge in [-0.1, -0.05) is 27.3 Å². The van der Waals surface area contributed by atoms with Crippen molar-refractivity contribution in [1.29, 1.82) is 0 Å². The third kappa shape index (κ3) is 3.96. The van der Waals surface area contributed by atoms with Crippen molar-refractivity contribution in [3.8, 4) is 0 Å². The summed E-state index contributed by atoms with van der Waals surface area (Å²) < 4.78 is 81.0. The van der Waals surface area contributed by atoms with Crippen LogP contribution in [0.25, 0.3) is 0 Å². The van der Waals surface area contributed by atoms with Gasteiger partial charge in [0.2, 0.25) is 0 Å². The first-order valence-corrected chi connectivity index (χ1v) is 7.81. The van der Waals surface area contributed by atoms with Crippen LogP contribution >= 0.6 is 23.2 Å². The number of rotatable bonds is 3. The number of sulfonamides is 2. The van der Waals surface area contributed by atoms with Gasteiger partial charge in [0.25, 0.3) is 10.0 Å². The monoisotopic (exact) mass is 356 g/mol. The molecule has 1 N–H and O–H groups in total. The number of alkyl halides is 3. The second-order valence-corrected chi connectivity index (χ2v) is 7.47. The summed E-state index contributed by atoms with van der Waals surface area (Å²) in [5.74, 6) is 0. The molecule has 0 saturated carbocycles. The smallest absolute Gasteiger partial charge is 0.206 e. The van der Waals surface area contributed by atoms with E-state index in [1.807, 2.05) is 6.07 Å². The Kier molecular flexibility index (Phi) is 4.42. The lowest BCUT2D eigenvalue weighted by atomic mass is 10.4. The van der Waals surface area contributed by atoms with Crippen LogP contribution in [0.5, 0.6) is 0 Å². The highest BCUT2D eigenvalue weighted by Gasteiger charge is 2.48. The molecule has 0 aliphatic rings. The molecule has 0 unspecified atom stereocenters. The summed E-state index contributed by atoms with van der Waals surface area (Å²) in [6, 6.07) is 3.73. The van der Waals surface area contributed by atoms with E-state index in [0.29, 0.717) is 10.2 Å². The topological polar surface area (TPSA) is 80.3 Å². The molecule has 0 spiro atoms. The van der Waals surface area contributed by atoms with Crippen LogP contribution in [-0.2, 0) is 20.0 Å². The molecule has 0 aliphatic heterocycles. The molecule has 1 aromatic rings. The van der Waals surface area contributed by atoms with E-state index in [9.17, 15) is 30.0 Å². The van der Waals surface area contributed by atoms with Crippen molar-refractivity contribution in [2.24, 2.45) is 0 Å². The Morgan fingerprint density at radius 3 is 2.05 bits per heavy atom. The van der Waals surface area contributed by atoms with Crippen LogP contribution in [0.15, 0.2) is 17.0 Å². The van der Waals surface area contributed by atoms with Gasteiger partial charge in [0.15, 0.2) is 0 Å². The first kappa shape index (κ1) is 16.5. The van der Waals surface area contributed by atoms with Crippen LogP contribution in [0.4, 0.5) is 13.2 Å². The molecule has 1 aromatic carbocycles. The van der Waals surface area contributed by atoms with Gasteiger partial charge in [0.05, 0.1) is 9.92 Å². The van der Waals surface area contributed by atoms with Crippen LogP contribution in [0.2, 0.25) is 10.0 Å². The molecule has 12 heteroatoms. The SMILES string of the molecule is O=S(=O)(NS(=O)(=O)C(F)(F)F)c1[c]c(Cl)cc(Cl)c1. The van der Waals surface area contributed by atoms with E-state index in [2.05, 4.69) is 0 Å². The van der Waals surface area contributed by atoms with Gasteiger partial charge < -0.3 is 0 Å². The van der Waals surface area contributed by atoms with Gasteiger partial charge in [-0.25, -0.2) is 16.8 Å². The summed E-state index contributed by atoms with van der Waals surface area (Å²) in [7, 11) is -11.1. The van der Waals surface area contributed by atoms with Gasteiger partial charge in [0, 0.05) is 11.1 Å². The molecule has 0 heterocycles. The summed E-state index contributed by atoms with van der Waals surface area (Å²) in [6.45, 7) is 0. The van der Waals surface area contributed by atoms with Crippen LogP contribution in [0, 0.1) is 6.07 Å². The molecular formula is C7H3Cl2F3NO4S2. The molecule has 5 nitrogen and oxygen atoms in total. The third-order valence-corrected chi connectivity index (χ3v) is 5.18. The average molecular weight is 357 g/mol. The lowest BCUT2D eigenvalue weighted by Crippen LogP contribution is -2.40. The molecule has 0 aromatic heterocycles. The number of benzene rings is 1. The van der Waals surface area contributed by atoms with Crippen molar-refractivity contribution in [3.63, 3.8) is 0 Å². The van der Waals surface area contributed by atoms with Crippen molar-refractivity contribution < 1.29 is 30.0 Å². The maximum atomic E-state index is 12.1. The van der Waals surface area contributed by atoms with Crippen molar-refractivity contribution in [3.05, 3.63) is 28.2 Å². The van der Waals surface area contributed by atoms with E-state index < -0.39 is 30.5 Å². The molecule has 0 saturated heterocycles. The molecular weight excluding hydrogens is 354 g/mol. The predicted octanol–water partition coefficient (Wildman–Crippen LogP) is 1.92. The first-order valence-electron chi connectivity index (χ1n) is 4.08. The fraction of sp³-hybridized carbons (Fsp3) is 0.143. The van der Waals surface area contributed by atoms with Crippen molar-refractivity contribution in [2.75, 3.05) is 0 Å². The molecule has 0 atom stereocenters. The minimum atomic E-state index is -6.07. The highest BCUT2D eigenvalue weighted by Crippen LogP contribution is 2.25. The second kappa shape index (κ2) is 5.09. The Labute approximate surface area is 116 Å². The predicted molar refractivity (Wildman–Crippen MR) is 60.6 cm³/mol. The van der Waals surface area contributed by atoms with Crippen LogP contribution in [0.1, 0.15) is 0 Å². The number of hydrogen-bond acceptors (Lipinski definition) is 4. The summed E-state index contributed by atoms with van der Waals surface area (Å²) in [5.41, 5.74) is -5.78. The van der Waals surface area contributed by atoms with Gasteiger partial charge in [0.1, 0.15) is 0 Å². The van der Waals surface area contributed by atoms with E-state index in [0.717, 1.165) is 6.07 Å². The van der Waals surface area contributed by atoms with Crippen LogP contribution in [0.3, 0.4) is 0 Å². The zero-order chi connectivity index (χ0) is 15.1. The largest absolute Gasteiger partial charge is 0.512 e. The zero-order valence-electron chi connectivity index (χ0n) is 8.49. The zero-order valence-corrected chi connectivity index (χ0v) is 11.6. The molecule has 0 bridgehead atoms. The second-order valence-electron chi connectivity index (χ2n) is 3.05. The van der Waals surface area contributed by atoms with Gasteiger partial charge >= 0.3 is 15.5 Å². The van der Waals surface area contributed by atoms with Crippen molar-refractivity contribution >= 4 is 43.2 Å². The quantitative estimate of drug-likeness (QED) is 0.896. The van der Waals surface area contributed by atoms with Crippen molar-refractivity contribution in [1.82, 2.24) is 4.13 Å². The number of nitrogens with one attached hydrogen (secondary N) is 1. The van der Waals surface area contributed by atoms with E-state index in [-0.39, 0.29) is 10.0 Å². The summed E-state index contributed by atoms with van der Waals surface area (Å²) in [6.07, 6.45) is 0. The minimum Gasteiger partial charge on any atom is -0.206 e. The Hall–Kier alpha value is -0.550. The number of halogens is 5. The lowest BCUT2D eigenvalue weighted by Gasteiger charge is -2.10. The molecule has 19 heavy (non-hydrogen) atoms. The highest BCUT2D eigenvalue weighted by atomic mass is 35.5. The number of hydrogen-bond donors (Lipinski definition) is 1. The Bertz CT molecular complexity index is 679. The third-order valence-electron chi connectivity index (χ3n) is 1.59. The average Bonchev–Trinajstić information content (AvgIpc) is 2.12. The molecule has 1 radical (unpaired) electrons. The Balaban J connectivity index is 3.27. The molecule has 0 aliphatic carbocycles. The molecule has 107 valence electrons. The lowest BCUT2D eigenvalue weighted by molar-refractivity contribution is -0.0441. The van der Waals surface area contributed by atoms with Crippen LogP contribution < -0.4 is 4.13 Å².